The largest absolute Gasteiger partial charge is 0.204 e. The van der Waals surface area contributed by atoms with Crippen molar-refractivity contribution in [3.05, 3.63) is 35.4 Å². The molecule has 0 saturated heterocycles. The lowest BCUT2D eigenvalue weighted by Crippen LogP contribution is -1.94. The SMILES string of the molecule is CCCCCCC(Cl)c1ccc(F)c(F)c1. The maximum absolute atomic E-state index is 12.9. The van der Waals surface area contributed by atoms with Crippen molar-refractivity contribution in [3.63, 3.8) is 0 Å². The first-order valence-corrected chi connectivity index (χ1v) is 6.17. The van der Waals surface area contributed by atoms with Crippen LogP contribution in [0, 0.1) is 11.6 Å². The van der Waals surface area contributed by atoms with Crippen molar-refractivity contribution < 1.29 is 8.78 Å². The summed E-state index contributed by atoms with van der Waals surface area (Å²) in [7, 11) is 0. The molecule has 0 fully saturated rings. The summed E-state index contributed by atoms with van der Waals surface area (Å²) < 4.78 is 25.6. The second kappa shape index (κ2) is 6.85. The fraction of sp³-hybridized carbons (Fsp3) is 0.538. The highest BCUT2D eigenvalue weighted by Gasteiger charge is 2.10. The molecule has 1 unspecified atom stereocenters. The monoisotopic (exact) mass is 246 g/mol. The van der Waals surface area contributed by atoms with Gasteiger partial charge in [-0.1, -0.05) is 38.7 Å². The van der Waals surface area contributed by atoms with Crippen LogP contribution in [-0.4, -0.2) is 0 Å². The molecule has 1 aromatic carbocycles. The van der Waals surface area contributed by atoms with Gasteiger partial charge in [0.1, 0.15) is 0 Å². The first kappa shape index (κ1) is 13.4. The molecule has 0 heterocycles. The van der Waals surface area contributed by atoms with E-state index >= 15 is 0 Å². The Morgan fingerprint density at radius 3 is 2.50 bits per heavy atom. The Bertz CT molecular complexity index is 326. The van der Waals surface area contributed by atoms with E-state index in [1.807, 2.05) is 0 Å². The number of hydrogen-bond acceptors (Lipinski definition) is 0. The highest BCUT2D eigenvalue weighted by atomic mass is 35.5. The molecule has 0 aliphatic rings. The van der Waals surface area contributed by atoms with Crippen molar-refractivity contribution in [1.29, 1.82) is 0 Å². The fourth-order valence-electron chi connectivity index (χ4n) is 1.62. The lowest BCUT2D eigenvalue weighted by atomic mass is 10.0. The van der Waals surface area contributed by atoms with E-state index in [1.165, 1.54) is 18.9 Å². The zero-order valence-electron chi connectivity index (χ0n) is 9.48. The molecule has 0 aliphatic carbocycles. The van der Waals surface area contributed by atoms with Crippen LogP contribution in [0.25, 0.3) is 0 Å². The summed E-state index contributed by atoms with van der Waals surface area (Å²) in [6.45, 7) is 2.15. The summed E-state index contributed by atoms with van der Waals surface area (Å²) in [4.78, 5) is 0. The summed E-state index contributed by atoms with van der Waals surface area (Å²) in [5.41, 5.74) is 0.664. The van der Waals surface area contributed by atoms with E-state index in [9.17, 15) is 8.78 Å². The average Bonchev–Trinajstić information content (AvgIpc) is 2.28. The summed E-state index contributed by atoms with van der Waals surface area (Å²) in [6, 6.07) is 3.87. The standard InChI is InChI=1S/C13H17ClF2/c1-2-3-4-5-6-11(14)10-7-8-12(15)13(16)9-10/h7-9,11H,2-6H2,1H3. The number of unbranched alkanes of at least 4 members (excludes halogenated alkanes) is 3. The van der Waals surface area contributed by atoms with Gasteiger partial charge in [0.25, 0.3) is 0 Å². The van der Waals surface area contributed by atoms with Crippen molar-refractivity contribution >= 4 is 11.6 Å². The van der Waals surface area contributed by atoms with Gasteiger partial charge in [0.2, 0.25) is 0 Å². The minimum atomic E-state index is -0.822. The van der Waals surface area contributed by atoms with Crippen LogP contribution in [0.4, 0.5) is 8.78 Å². The van der Waals surface area contributed by atoms with Crippen LogP contribution in [0.2, 0.25) is 0 Å². The second-order valence-corrected chi connectivity index (χ2v) is 4.52. The third-order valence-electron chi connectivity index (χ3n) is 2.62. The van der Waals surface area contributed by atoms with Gasteiger partial charge >= 0.3 is 0 Å². The lowest BCUT2D eigenvalue weighted by molar-refractivity contribution is 0.506. The summed E-state index contributed by atoms with van der Waals surface area (Å²) >= 11 is 6.12. The van der Waals surface area contributed by atoms with E-state index in [0.29, 0.717) is 5.56 Å². The van der Waals surface area contributed by atoms with Gasteiger partial charge in [-0.2, -0.15) is 0 Å². The Morgan fingerprint density at radius 2 is 1.88 bits per heavy atom. The number of halogens is 3. The quantitative estimate of drug-likeness (QED) is 0.477. The maximum Gasteiger partial charge on any atom is 0.159 e. The number of benzene rings is 1. The van der Waals surface area contributed by atoms with Crippen molar-refractivity contribution in [3.8, 4) is 0 Å². The van der Waals surface area contributed by atoms with Crippen molar-refractivity contribution in [2.75, 3.05) is 0 Å². The van der Waals surface area contributed by atoms with Gasteiger partial charge in [-0.15, -0.1) is 11.6 Å². The number of hydrogen-bond donors (Lipinski definition) is 0. The van der Waals surface area contributed by atoms with E-state index in [4.69, 9.17) is 11.6 Å². The van der Waals surface area contributed by atoms with Gasteiger partial charge in [0.05, 0.1) is 5.38 Å². The zero-order valence-corrected chi connectivity index (χ0v) is 10.2. The van der Waals surface area contributed by atoms with Crippen molar-refractivity contribution in [2.24, 2.45) is 0 Å². The van der Waals surface area contributed by atoms with E-state index in [1.54, 1.807) is 6.07 Å². The molecule has 90 valence electrons. The molecule has 0 amide bonds. The van der Waals surface area contributed by atoms with E-state index in [0.717, 1.165) is 25.3 Å². The molecule has 1 rings (SSSR count). The minimum absolute atomic E-state index is 0.216. The fourth-order valence-corrected chi connectivity index (χ4v) is 1.91. The number of alkyl halides is 1. The van der Waals surface area contributed by atoms with E-state index < -0.39 is 11.6 Å². The molecule has 0 aromatic heterocycles. The van der Waals surface area contributed by atoms with Gasteiger partial charge in [-0.05, 0) is 24.1 Å². The Kier molecular flexibility index (Phi) is 5.75. The number of rotatable bonds is 6. The van der Waals surface area contributed by atoms with Gasteiger partial charge in [0, 0.05) is 0 Å². The highest BCUT2D eigenvalue weighted by molar-refractivity contribution is 6.20. The molecule has 1 atom stereocenters. The third-order valence-corrected chi connectivity index (χ3v) is 3.09. The molecular weight excluding hydrogens is 230 g/mol. The highest BCUT2D eigenvalue weighted by Crippen LogP contribution is 2.27. The lowest BCUT2D eigenvalue weighted by Gasteiger charge is -2.09. The Labute approximate surface area is 101 Å². The molecule has 0 spiro atoms. The molecule has 0 N–H and O–H groups in total. The molecule has 0 bridgehead atoms. The normalized spacial score (nSPS) is 12.8. The van der Waals surface area contributed by atoms with Gasteiger partial charge in [-0.3, -0.25) is 0 Å². The molecule has 1 aromatic rings. The molecule has 0 radical (unpaired) electrons. The molecule has 0 nitrogen and oxygen atoms in total. The van der Waals surface area contributed by atoms with Crippen LogP contribution in [-0.2, 0) is 0 Å². The maximum atomic E-state index is 12.9. The average molecular weight is 247 g/mol. The van der Waals surface area contributed by atoms with Gasteiger partial charge in [-0.25, -0.2) is 8.78 Å². The van der Waals surface area contributed by atoms with Gasteiger partial charge in [0.15, 0.2) is 11.6 Å². The Balaban J connectivity index is 2.46. The van der Waals surface area contributed by atoms with Crippen molar-refractivity contribution in [2.45, 2.75) is 44.4 Å². The molecule has 3 heteroatoms. The minimum Gasteiger partial charge on any atom is -0.204 e. The zero-order chi connectivity index (χ0) is 12.0. The smallest absolute Gasteiger partial charge is 0.159 e. The molecule has 16 heavy (non-hydrogen) atoms. The van der Waals surface area contributed by atoms with Crippen LogP contribution in [0.15, 0.2) is 18.2 Å². The third kappa shape index (κ3) is 4.09. The topological polar surface area (TPSA) is 0 Å². The van der Waals surface area contributed by atoms with Crippen molar-refractivity contribution in [1.82, 2.24) is 0 Å². The van der Waals surface area contributed by atoms with Crippen LogP contribution in [0.5, 0.6) is 0 Å². The van der Waals surface area contributed by atoms with Crippen LogP contribution in [0.1, 0.15) is 50.0 Å². The summed E-state index contributed by atoms with van der Waals surface area (Å²) in [5.74, 6) is -1.64. The summed E-state index contributed by atoms with van der Waals surface area (Å²) in [5, 5.41) is -0.216. The molecule has 0 saturated carbocycles. The molecular formula is C13H17ClF2. The van der Waals surface area contributed by atoms with Crippen LogP contribution in [0.3, 0.4) is 0 Å². The predicted octanol–water partition coefficient (Wildman–Crippen LogP) is 5.22. The first-order chi connectivity index (χ1) is 7.65. The second-order valence-electron chi connectivity index (χ2n) is 3.99. The van der Waals surface area contributed by atoms with Crippen LogP contribution >= 0.6 is 11.6 Å². The van der Waals surface area contributed by atoms with Crippen LogP contribution < -0.4 is 0 Å². The summed E-state index contributed by atoms with van der Waals surface area (Å²) in [6.07, 6.45) is 5.36. The first-order valence-electron chi connectivity index (χ1n) is 5.74. The molecule has 0 aliphatic heterocycles. The van der Waals surface area contributed by atoms with E-state index in [-0.39, 0.29) is 5.38 Å². The Morgan fingerprint density at radius 1 is 1.12 bits per heavy atom. The predicted molar refractivity (Wildman–Crippen MR) is 63.7 cm³/mol. The van der Waals surface area contributed by atoms with E-state index in [2.05, 4.69) is 6.92 Å². The Hall–Kier alpha value is -0.630. The van der Waals surface area contributed by atoms with Gasteiger partial charge < -0.3 is 0 Å².